The van der Waals surface area contributed by atoms with Crippen molar-refractivity contribution in [3.63, 3.8) is 0 Å². The van der Waals surface area contributed by atoms with Crippen LogP contribution in [0.5, 0.6) is 0 Å². The Morgan fingerprint density at radius 1 is 1.00 bits per heavy atom. The van der Waals surface area contributed by atoms with Gasteiger partial charge in [-0.25, -0.2) is 9.37 Å². The molecule has 3 aromatic carbocycles. The van der Waals surface area contributed by atoms with Gasteiger partial charge >= 0.3 is 0 Å². The van der Waals surface area contributed by atoms with Crippen LogP contribution in [0.2, 0.25) is 5.02 Å². The second-order valence-corrected chi connectivity index (χ2v) is 8.22. The molecule has 0 amide bonds. The second kappa shape index (κ2) is 8.86. The number of nitrogens with zero attached hydrogens (tertiary/aromatic N) is 2. The van der Waals surface area contributed by atoms with Crippen LogP contribution >= 0.6 is 23.4 Å². The maximum atomic E-state index is 13.4. The SMILES string of the molecule is Cc1ccc(C(=O)CSc2nc(-c3ccc(Cl)cc3)cn2-c2ccc(F)cc2)cc1. The molecule has 4 rings (SSSR count). The fourth-order valence-electron chi connectivity index (χ4n) is 2.96. The Hall–Kier alpha value is -2.89. The number of rotatable bonds is 6. The van der Waals surface area contributed by atoms with E-state index in [0.717, 1.165) is 22.5 Å². The van der Waals surface area contributed by atoms with Gasteiger partial charge in [0.1, 0.15) is 5.82 Å². The molecular weight excluding hydrogens is 419 g/mol. The zero-order chi connectivity index (χ0) is 21.1. The summed E-state index contributed by atoms with van der Waals surface area (Å²) >= 11 is 7.35. The van der Waals surface area contributed by atoms with Gasteiger partial charge in [-0.1, -0.05) is 65.3 Å². The first-order valence-electron chi connectivity index (χ1n) is 9.33. The van der Waals surface area contributed by atoms with Crippen LogP contribution in [0, 0.1) is 12.7 Å². The van der Waals surface area contributed by atoms with Crippen LogP contribution < -0.4 is 0 Å². The molecule has 0 N–H and O–H groups in total. The highest BCUT2D eigenvalue weighted by Crippen LogP contribution is 2.28. The molecule has 0 spiro atoms. The summed E-state index contributed by atoms with van der Waals surface area (Å²) in [4.78, 5) is 17.3. The van der Waals surface area contributed by atoms with Gasteiger partial charge in [0.25, 0.3) is 0 Å². The number of hydrogen-bond acceptors (Lipinski definition) is 3. The minimum Gasteiger partial charge on any atom is -0.294 e. The van der Waals surface area contributed by atoms with E-state index in [1.54, 1.807) is 12.1 Å². The number of carbonyl (C=O) groups is 1. The summed E-state index contributed by atoms with van der Waals surface area (Å²) in [5, 5.41) is 1.31. The highest BCUT2D eigenvalue weighted by atomic mass is 35.5. The van der Waals surface area contributed by atoms with E-state index in [4.69, 9.17) is 16.6 Å². The lowest BCUT2D eigenvalue weighted by atomic mass is 10.1. The van der Waals surface area contributed by atoms with Crippen molar-refractivity contribution in [3.05, 3.63) is 101 Å². The number of Topliss-reactive ketones (excluding diaryl/α,β-unsaturated/α-hetero) is 1. The molecule has 0 atom stereocenters. The monoisotopic (exact) mass is 436 g/mol. The van der Waals surface area contributed by atoms with E-state index in [0.29, 0.717) is 15.7 Å². The van der Waals surface area contributed by atoms with Crippen LogP contribution in [-0.4, -0.2) is 21.1 Å². The number of thioether (sulfide) groups is 1. The lowest BCUT2D eigenvalue weighted by Crippen LogP contribution is -2.04. The summed E-state index contributed by atoms with van der Waals surface area (Å²) in [6.45, 7) is 1.99. The zero-order valence-corrected chi connectivity index (χ0v) is 17.8. The smallest absolute Gasteiger partial charge is 0.173 e. The molecule has 0 radical (unpaired) electrons. The number of halogens is 2. The quantitative estimate of drug-likeness (QED) is 0.252. The maximum absolute atomic E-state index is 13.4. The van der Waals surface area contributed by atoms with Crippen LogP contribution in [0.25, 0.3) is 16.9 Å². The number of aryl methyl sites for hydroxylation is 1. The molecule has 150 valence electrons. The minimum absolute atomic E-state index is 0.0294. The number of aromatic nitrogens is 2. The number of imidazole rings is 1. The maximum Gasteiger partial charge on any atom is 0.173 e. The Balaban J connectivity index is 1.64. The van der Waals surface area contributed by atoms with E-state index in [2.05, 4.69) is 0 Å². The predicted molar refractivity (Wildman–Crippen MR) is 120 cm³/mol. The zero-order valence-electron chi connectivity index (χ0n) is 16.2. The predicted octanol–water partition coefficient (Wildman–Crippen LogP) is 6.62. The van der Waals surface area contributed by atoms with E-state index < -0.39 is 0 Å². The summed E-state index contributed by atoms with van der Waals surface area (Å²) in [5.74, 6) is -0.0244. The standard InChI is InChI=1S/C24H18ClFN2OS/c1-16-2-4-18(5-3-16)23(29)15-30-24-27-22(17-6-8-19(25)9-7-17)14-28(24)21-12-10-20(26)11-13-21/h2-14H,15H2,1H3. The van der Waals surface area contributed by atoms with Crippen LogP contribution in [0.15, 0.2) is 84.1 Å². The molecule has 4 aromatic rings. The Morgan fingerprint density at radius 3 is 2.33 bits per heavy atom. The van der Waals surface area contributed by atoms with Crippen molar-refractivity contribution in [2.45, 2.75) is 12.1 Å². The van der Waals surface area contributed by atoms with E-state index in [1.807, 2.05) is 66.2 Å². The molecular formula is C24H18ClFN2OS. The average Bonchev–Trinajstić information content (AvgIpc) is 3.18. The Bertz CT molecular complexity index is 1170. The van der Waals surface area contributed by atoms with Gasteiger partial charge < -0.3 is 0 Å². The van der Waals surface area contributed by atoms with Gasteiger partial charge in [-0.05, 0) is 43.3 Å². The molecule has 0 bridgehead atoms. The summed E-state index contributed by atoms with van der Waals surface area (Å²) in [5.41, 5.74) is 4.22. The first-order chi connectivity index (χ1) is 14.5. The van der Waals surface area contributed by atoms with Crippen molar-refractivity contribution >= 4 is 29.1 Å². The number of benzene rings is 3. The fraction of sp³-hybridized carbons (Fsp3) is 0.0833. The van der Waals surface area contributed by atoms with Crippen LogP contribution in [0.1, 0.15) is 15.9 Å². The molecule has 0 fully saturated rings. The van der Waals surface area contributed by atoms with Crippen molar-refractivity contribution in [2.75, 3.05) is 5.75 Å². The highest BCUT2D eigenvalue weighted by molar-refractivity contribution is 7.99. The molecule has 0 aliphatic rings. The van der Waals surface area contributed by atoms with Crippen molar-refractivity contribution in [3.8, 4) is 16.9 Å². The first-order valence-corrected chi connectivity index (χ1v) is 10.7. The van der Waals surface area contributed by atoms with Crippen molar-refractivity contribution < 1.29 is 9.18 Å². The summed E-state index contributed by atoms with van der Waals surface area (Å²) in [6.07, 6.45) is 1.88. The molecule has 3 nitrogen and oxygen atoms in total. The fourth-order valence-corrected chi connectivity index (χ4v) is 3.98. The minimum atomic E-state index is -0.305. The van der Waals surface area contributed by atoms with Crippen molar-refractivity contribution in [1.29, 1.82) is 0 Å². The van der Waals surface area contributed by atoms with Crippen LogP contribution in [0.3, 0.4) is 0 Å². The molecule has 0 unspecified atom stereocenters. The topological polar surface area (TPSA) is 34.9 Å². The normalized spacial score (nSPS) is 10.9. The van der Waals surface area contributed by atoms with Gasteiger partial charge in [-0.15, -0.1) is 0 Å². The van der Waals surface area contributed by atoms with Gasteiger partial charge in [0.2, 0.25) is 0 Å². The summed E-state index contributed by atoms with van der Waals surface area (Å²) in [6, 6.07) is 21.1. The number of ketones is 1. The lowest BCUT2D eigenvalue weighted by molar-refractivity contribution is 0.102. The molecule has 0 saturated carbocycles. The molecule has 6 heteroatoms. The lowest BCUT2D eigenvalue weighted by Gasteiger charge is -2.07. The Kier molecular flexibility index (Phi) is 6.02. The Labute approximate surface area is 183 Å². The summed E-state index contributed by atoms with van der Waals surface area (Å²) < 4.78 is 15.3. The molecule has 1 aromatic heterocycles. The van der Waals surface area contributed by atoms with E-state index in [-0.39, 0.29) is 17.4 Å². The van der Waals surface area contributed by atoms with Gasteiger partial charge in [0.05, 0.1) is 11.4 Å². The Morgan fingerprint density at radius 2 is 1.67 bits per heavy atom. The molecule has 30 heavy (non-hydrogen) atoms. The van der Waals surface area contributed by atoms with E-state index >= 15 is 0 Å². The van der Waals surface area contributed by atoms with Crippen LogP contribution in [0.4, 0.5) is 4.39 Å². The van der Waals surface area contributed by atoms with Gasteiger partial charge in [0, 0.05) is 28.0 Å². The largest absolute Gasteiger partial charge is 0.294 e. The van der Waals surface area contributed by atoms with Gasteiger partial charge in [0.15, 0.2) is 10.9 Å². The second-order valence-electron chi connectivity index (χ2n) is 6.84. The van der Waals surface area contributed by atoms with Gasteiger partial charge in [-0.2, -0.15) is 0 Å². The highest BCUT2D eigenvalue weighted by Gasteiger charge is 2.15. The third-order valence-electron chi connectivity index (χ3n) is 4.62. The van der Waals surface area contributed by atoms with Gasteiger partial charge in [-0.3, -0.25) is 9.36 Å². The number of carbonyl (C=O) groups excluding carboxylic acids is 1. The summed E-state index contributed by atoms with van der Waals surface area (Å²) in [7, 11) is 0. The van der Waals surface area contributed by atoms with E-state index in [9.17, 15) is 9.18 Å². The third kappa shape index (κ3) is 4.64. The molecule has 0 aliphatic heterocycles. The number of hydrogen-bond donors (Lipinski definition) is 0. The molecule has 0 aliphatic carbocycles. The van der Waals surface area contributed by atoms with Crippen molar-refractivity contribution in [2.24, 2.45) is 0 Å². The van der Waals surface area contributed by atoms with Crippen LogP contribution in [-0.2, 0) is 0 Å². The average molecular weight is 437 g/mol. The molecule has 1 heterocycles. The third-order valence-corrected chi connectivity index (χ3v) is 5.83. The first kappa shape index (κ1) is 20.4. The van der Waals surface area contributed by atoms with E-state index in [1.165, 1.54) is 23.9 Å². The van der Waals surface area contributed by atoms with Crippen molar-refractivity contribution in [1.82, 2.24) is 9.55 Å². The molecule has 0 saturated heterocycles.